The molecule has 2 heterocycles. The molecule has 1 N–H and O–H groups in total. The van der Waals surface area contributed by atoms with Crippen LogP contribution in [0.25, 0.3) is 10.8 Å². The van der Waals surface area contributed by atoms with Crippen LogP contribution in [0.1, 0.15) is 24.8 Å². The fourth-order valence-electron chi connectivity index (χ4n) is 1.78. The number of thiophene rings is 1. The zero-order valence-electron chi connectivity index (χ0n) is 11.8. The summed E-state index contributed by atoms with van der Waals surface area (Å²) in [7, 11) is -3.56. The third-order valence-corrected chi connectivity index (χ3v) is 5.04. The number of amides is 1. The normalized spacial score (nSPS) is 11.5. The van der Waals surface area contributed by atoms with E-state index in [0.29, 0.717) is 23.8 Å². The second kappa shape index (κ2) is 6.40. The van der Waals surface area contributed by atoms with Gasteiger partial charge in [-0.25, -0.2) is 13.4 Å². The van der Waals surface area contributed by atoms with Gasteiger partial charge in [0.1, 0.15) is 5.76 Å². The molecule has 114 valence electrons. The molecule has 0 spiro atoms. The smallest absolute Gasteiger partial charge is 0.239 e. The maximum atomic E-state index is 11.8. The van der Waals surface area contributed by atoms with E-state index in [1.54, 1.807) is 13.8 Å². The molecule has 2 rings (SSSR count). The number of aryl methyl sites for hydroxylation is 1. The number of carbonyl (C=O) groups excluding carboxylic acids is 1. The third kappa shape index (κ3) is 4.15. The van der Waals surface area contributed by atoms with Gasteiger partial charge in [-0.05, 0) is 24.8 Å². The van der Waals surface area contributed by atoms with E-state index in [9.17, 15) is 13.2 Å². The van der Waals surface area contributed by atoms with Crippen LogP contribution in [0.3, 0.4) is 0 Å². The predicted octanol–water partition coefficient (Wildman–Crippen LogP) is 2.11. The Hall–Kier alpha value is -1.67. The van der Waals surface area contributed by atoms with Crippen LogP contribution in [-0.4, -0.2) is 25.1 Å². The highest BCUT2D eigenvalue weighted by Gasteiger charge is 2.18. The lowest BCUT2D eigenvalue weighted by atomic mass is 10.3. The van der Waals surface area contributed by atoms with Crippen molar-refractivity contribution >= 4 is 27.3 Å². The monoisotopic (exact) mass is 328 g/mol. The van der Waals surface area contributed by atoms with Crippen LogP contribution in [0.15, 0.2) is 21.9 Å². The van der Waals surface area contributed by atoms with Gasteiger partial charge in [0.25, 0.3) is 0 Å². The quantitative estimate of drug-likeness (QED) is 0.877. The van der Waals surface area contributed by atoms with E-state index in [-0.39, 0.29) is 12.2 Å². The molecule has 0 aliphatic carbocycles. The number of aromatic nitrogens is 1. The largest absolute Gasteiger partial charge is 0.440 e. The first-order valence-electron chi connectivity index (χ1n) is 6.45. The summed E-state index contributed by atoms with van der Waals surface area (Å²) < 4.78 is 30.6. The van der Waals surface area contributed by atoms with Crippen molar-refractivity contribution in [3.63, 3.8) is 0 Å². The molecule has 0 aromatic carbocycles. The second-order valence-electron chi connectivity index (χ2n) is 4.52. The van der Waals surface area contributed by atoms with Crippen LogP contribution in [-0.2, 0) is 21.2 Å². The molecular formula is C13H16N2O4S2. The number of oxazole rings is 1. The van der Waals surface area contributed by atoms with Gasteiger partial charge in [-0.1, -0.05) is 13.0 Å². The summed E-state index contributed by atoms with van der Waals surface area (Å²) in [4.78, 5) is 16.9. The van der Waals surface area contributed by atoms with Crippen molar-refractivity contribution in [3.05, 3.63) is 29.0 Å². The molecule has 0 aliphatic heterocycles. The van der Waals surface area contributed by atoms with Crippen LogP contribution in [0, 0.1) is 6.92 Å². The number of nitrogens with zero attached hydrogens (tertiary/aromatic N) is 1. The van der Waals surface area contributed by atoms with Gasteiger partial charge in [0, 0.05) is 0 Å². The van der Waals surface area contributed by atoms with Crippen molar-refractivity contribution in [3.8, 4) is 10.8 Å². The van der Waals surface area contributed by atoms with E-state index in [0.717, 1.165) is 4.88 Å². The average molecular weight is 328 g/mol. The summed E-state index contributed by atoms with van der Waals surface area (Å²) in [6, 6.07) is 3.74. The van der Waals surface area contributed by atoms with Gasteiger partial charge in [0.05, 0.1) is 22.7 Å². The van der Waals surface area contributed by atoms with E-state index in [1.165, 1.54) is 11.3 Å². The van der Waals surface area contributed by atoms with Gasteiger partial charge in [0.15, 0.2) is 0 Å². The van der Waals surface area contributed by atoms with Gasteiger partial charge in [-0.15, -0.1) is 11.3 Å². The molecule has 1 amide bonds. The SMILES string of the molecule is CCCS(=O)(=O)NC(=O)Cc1nc(-c2cccs2)oc1C. The van der Waals surface area contributed by atoms with Crippen molar-refractivity contribution < 1.29 is 17.6 Å². The van der Waals surface area contributed by atoms with E-state index >= 15 is 0 Å². The first-order valence-corrected chi connectivity index (χ1v) is 8.98. The Morgan fingerprint density at radius 1 is 1.48 bits per heavy atom. The Balaban J connectivity index is 2.08. The second-order valence-corrected chi connectivity index (χ2v) is 7.31. The van der Waals surface area contributed by atoms with Crippen LogP contribution >= 0.6 is 11.3 Å². The fraction of sp³-hybridized carbons (Fsp3) is 0.385. The van der Waals surface area contributed by atoms with E-state index in [4.69, 9.17) is 4.42 Å². The van der Waals surface area contributed by atoms with Crippen molar-refractivity contribution in [1.29, 1.82) is 0 Å². The van der Waals surface area contributed by atoms with Gasteiger partial charge in [-0.2, -0.15) is 0 Å². The molecule has 2 aromatic rings. The first-order chi connectivity index (χ1) is 9.91. The van der Waals surface area contributed by atoms with Crippen molar-refractivity contribution in [2.45, 2.75) is 26.7 Å². The van der Waals surface area contributed by atoms with E-state index in [1.807, 2.05) is 22.2 Å². The van der Waals surface area contributed by atoms with E-state index < -0.39 is 15.9 Å². The molecule has 0 unspecified atom stereocenters. The highest BCUT2D eigenvalue weighted by atomic mass is 32.2. The van der Waals surface area contributed by atoms with Gasteiger partial charge < -0.3 is 4.42 Å². The maximum absolute atomic E-state index is 11.8. The van der Waals surface area contributed by atoms with Gasteiger partial charge in [-0.3, -0.25) is 9.52 Å². The van der Waals surface area contributed by atoms with Crippen LogP contribution < -0.4 is 4.72 Å². The highest BCUT2D eigenvalue weighted by Crippen LogP contribution is 2.25. The Kier molecular flexibility index (Phi) is 4.79. The maximum Gasteiger partial charge on any atom is 0.239 e. The third-order valence-electron chi connectivity index (χ3n) is 2.69. The molecule has 8 heteroatoms. The number of nitrogens with one attached hydrogen (secondary N) is 1. The molecule has 0 bridgehead atoms. The minimum Gasteiger partial charge on any atom is -0.440 e. The first kappa shape index (κ1) is 15.7. The lowest BCUT2D eigenvalue weighted by Gasteiger charge is -2.04. The van der Waals surface area contributed by atoms with Gasteiger partial charge >= 0.3 is 0 Å². The zero-order valence-corrected chi connectivity index (χ0v) is 13.4. The van der Waals surface area contributed by atoms with E-state index in [2.05, 4.69) is 4.98 Å². The van der Waals surface area contributed by atoms with Crippen molar-refractivity contribution in [1.82, 2.24) is 9.71 Å². The lowest BCUT2D eigenvalue weighted by molar-refractivity contribution is -0.118. The summed E-state index contributed by atoms with van der Waals surface area (Å²) in [5, 5.41) is 1.90. The molecule has 0 fully saturated rings. The van der Waals surface area contributed by atoms with Crippen LogP contribution in [0.4, 0.5) is 0 Å². The highest BCUT2D eigenvalue weighted by molar-refractivity contribution is 7.90. The van der Waals surface area contributed by atoms with Crippen molar-refractivity contribution in [2.75, 3.05) is 5.75 Å². The predicted molar refractivity (Wildman–Crippen MR) is 80.5 cm³/mol. The Bertz CT molecular complexity index is 717. The summed E-state index contributed by atoms with van der Waals surface area (Å²) in [5.41, 5.74) is 0.447. The molecule has 0 saturated carbocycles. The Labute approximate surface area is 127 Å². The van der Waals surface area contributed by atoms with Crippen molar-refractivity contribution in [2.24, 2.45) is 0 Å². The average Bonchev–Trinajstić information content (AvgIpc) is 2.98. The molecule has 0 aliphatic rings. The minimum atomic E-state index is -3.56. The summed E-state index contributed by atoms with van der Waals surface area (Å²) >= 11 is 1.48. The van der Waals surface area contributed by atoms with Gasteiger partial charge in [0.2, 0.25) is 21.8 Å². The standard InChI is InChI=1S/C13H16N2O4S2/c1-3-7-21(17,18)15-12(16)8-10-9(2)19-13(14-10)11-5-4-6-20-11/h4-6H,3,7-8H2,1-2H3,(H,15,16). The van der Waals surface area contributed by atoms with Crippen LogP contribution in [0.5, 0.6) is 0 Å². The molecule has 21 heavy (non-hydrogen) atoms. The minimum absolute atomic E-state index is 0.0724. The number of hydrogen-bond donors (Lipinski definition) is 1. The van der Waals surface area contributed by atoms with Crippen LogP contribution in [0.2, 0.25) is 0 Å². The molecule has 6 nitrogen and oxygen atoms in total. The lowest BCUT2D eigenvalue weighted by Crippen LogP contribution is -2.33. The Morgan fingerprint density at radius 3 is 2.86 bits per heavy atom. The topological polar surface area (TPSA) is 89.3 Å². The molecule has 0 atom stereocenters. The fourth-order valence-corrected chi connectivity index (χ4v) is 3.49. The molecule has 2 aromatic heterocycles. The Morgan fingerprint density at radius 2 is 2.24 bits per heavy atom. The summed E-state index contributed by atoms with van der Waals surface area (Å²) in [5.74, 6) is 0.289. The molecular weight excluding hydrogens is 312 g/mol. The molecule has 0 saturated heterocycles. The number of carbonyl (C=O) groups is 1. The number of hydrogen-bond acceptors (Lipinski definition) is 6. The zero-order chi connectivity index (χ0) is 15.5. The number of rotatable bonds is 6. The summed E-state index contributed by atoms with van der Waals surface area (Å²) in [6.07, 6.45) is 0.331. The molecule has 0 radical (unpaired) electrons. The summed E-state index contributed by atoms with van der Waals surface area (Å²) in [6.45, 7) is 3.44. The number of sulfonamides is 1.